The van der Waals surface area contributed by atoms with Crippen molar-refractivity contribution >= 4 is 18.0 Å². The normalized spacial score (nSPS) is 18.0. The Morgan fingerprint density at radius 3 is 2.24 bits per heavy atom. The van der Waals surface area contributed by atoms with Gasteiger partial charge in [-0.25, -0.2) is 14.4 Å². The molecule has 0 aliphatic carbocycles. The van der Waals surface area contributed by atoms with E-state index < -0.39 is 17.5 Å². The molecule has 0 aromatic heterocycles. The Balaban J connectivity index is 0.000000567. The zero-order valence-electron chi connectivity index (χ0n) is 12.3. The lowest BCUT2D eigenvalue weighted by atomic mass is 10.2. The third kappa shape index (κ3) is 11.6. The van der Waals surface area contributed by atoms with Crippen LogP contribution in [0.3, 0.4) is 0 Å². The molecular weight excluding hydrogens is 284 g/mol. The van der Waals surface area contributed by atoms with Crippen molar-refractivity contribution in [3.8, 4) is 0 Å². The fraction of sp³-hybridized carbons (Fsp3) is 0.750. The highest BCUT2D eigenvalue weighted by atomic mass is 16.6. The fourth-order valence-corrected chi connectivity index (χ4v) is 1.27. The van der Waals surface area contributed by atoms with Crippen LogP contribution in [-0.4, -0.2) is 66.2 Å². The lowest BCUT2D eigenvalue weighted by Crippen LogP contribution is -2.49. The molecule has 122 valence electrons. The monoisotopic (exact) mass is 306 g/mol. The van der Waals surface area contributed by atoms with Gasteiger partial charge in [-0.1, -0.05) is 0 Å². The third-order valence-corrected chi connectivity index (χ3v) is 2.07. The Kier molecular flexibility index (Phi) is 8.32. The van der Waals surface area contributed by atoms with Crippen LogP contribution in [0.4, 0.5) is 4.79 Å². The Hall–Kier alpha value is -1.87. The van der Waals surface area contributed by atoms with E-state index in [1.807, 2.05) is 20.8 Å². The van der Waals surface area contributed by atoms with Crippen LogP contribution in [0.2, 0.25) is 0 Å². The van der Waals surface area contributed by atoms with Crippen LogP contribution in [0.1, 0.15) is 20.8 Å². The summed E-state index contributed by atoms with van der Waals surface area (Å²) in [4.78, 5) is 29.5. The number of carboxylic acid groups (broad SMARTS) is 2. The van der Waals surface area contributed by atoms with Gasteiger partial charge in [-0.2, -0.15) is 0 Å². The van der Waals surface area contributed by atoms with E-state index in [1.54, 1.807) is 0 Å². The van der Waals surface area contributed by atoms with E-state index in [0.717, 1.165) is 13.2 Å². The fourth-order valence-electron chi connectivity index (χ4n) is 1.27. The maximum atomic E-state index is 11.3. The van der Waals surface area contributed by atoms with Crippen molar-refractivity contribution in [1.29, 1.82) is 0 Å². The second-order valence-corrected chi connectivity index (χ2v) is 5.22. The average molecular weight is 306 g/mol. The van der Waals surface area contributed by atoms with Gasteiger partial charge in [0.25, 0.3) is 0 Å². The summed E-state index contributed by atoms with van der Waals surface area (Å²) in [5.41, 5.74) is -0.444. The molecule has 1 fully saturated rings. The smallest absolute Gasteiger partial charge is 0.414 e. The third-order valence-electron chi connectivity index (χ3n) is 2.07. The molecule has 1 amide bonds. The van der Waals surface area contributed by atoms with Gasteiger partial charge in [0.15, 0.2) is 0 Å². The number of ether oxygens (including phenoxy) is 2. The van der Waals surface area contributed by atoms with E-state index in [4.69, 9.17) is 29.3 Å². The summed E-state index contributed by atoms with van der Waals surface area (Å²) >= 11 is 0. The topological polar surface area (TPSA) is 134 Å². The van der Waals surface area contributed by atoms with Crippen LogP contribution in [0, 0.1) is 0 Å². The summed E-state index contributed by atoms with van der Waals surface area (Å²) in [6.07, 6.45) is -0.380. The minimum atomic E-state index is -1.82. The highest BCUT2D eigenvalue weighted by Gasteiger charge is 2.18. The summed E-state index contributed by atoms with van der Waals surface area (Å²) in [6.45, 7) is 8.27. The number of hydrogen-bond donors (Lipinski definition) is 4. The number of alkyl carbamates (subject to hydrolysis) is 1. The maximum absolute atomic E-state index is 11.3. The molecule has 0 unspecified atom stereocenters. The van der Waals surface area contributed by atoms with Crippen LogP contribution >= 0.6 is 0 Å². The van der Waals surface area contributed by atoms with Crippen molar-refractivity contribution in [2.24, 2.45) is 0 Å². The number of rotatable bonds is 2. The molecule has 0 saturated carbocycles. The molecule has 0 spiro atoms. The van der Waals surface area contributed by atoms with Crippen LogP contribution in [0.5, 0.6) is 0 Å². The average Bonchev–Trinajstić information content (AvgIpc) is 2.36. The number of hydrogen-bond acceptors (Lipinski definition) is 6. The molecule has 0 radical (unpaired) electrons. The quantitative estimate of drug-likeness (QED) is 0.509. The predicted molar refractivity (Wildman–Crippen MR) is 72.1 cm³/mol. The van der Waals surface area contributed by atoms with Crippen molar-refractivity contribution < 1.29 is 34.1 Å². The molecule has 1 heterocycles. The zero-order valence-corrected chi connectivity index (χ0v) is 12.3. The first-order chi connectivity index (χ1) is 9.61. The van der Waals surface area contributed by atoms with Gasteiger partial charge >= 0.3 is 18.0 Å². The summed E-state index contributed by atoms with van der Waals surface area (Å²) in [6, 6.07) is 0.186. The highest BCUT2D eigenvalue weighted by Crippen LogP contribution is 2.06. The van der Waals surface area contributed by atoms with Crippen molar-refractivity contribution in [2.75, 3.05) is 26.3 Å². The van der Waals surface area contributed by atoms with E-state index >= 15 is 0 Å². The van der Waals surface area contributed by atoms with Gasteiger partial charge in [0, 0.05) is 19.1 Å². The first-order valence-electron chi connectivity index (χ1n) is 6.36. The standard InChI is InChI=1S/C10H20N2O3.C2H2O4/c1-10(2,3)15-9(13)12-6-8-7-14-5-4-11-8;3-1(4)2(5)6/h8,11H,4-7H2,1-3H3,(H,12,13);(H,3,4)(H,5,6)/t8-;/m1./s1. The molecule has 0 aromatic rings. The van der Waals surface area contributed by atoms with Gasteiger partial charge in [0.1, 0.15) is 5.60 Å². The summed E-state index contributed by atoms with van der Waals surface area (Å²) in [7, 11) is 0. The number of carboxylic acids is 2. The number of carbonyl (C=O) groups is 3. The second kappa shape index (κ2) is 9.14. The Bertz CT molecular complexity index is 347. The van der Waals surface area contributed by atoms with Crippen molar-refractivity contribution in [2.45, 2.75) is 32.4 Å². The van der Waals surface area contributed by atoms with Gasteiger partial charge in [-0.05, 0) is 20.8 Å². The highest BCUT2D eigenvalue weighted by molar-refractivity contribution is 6.27. The van der Waals surface area contributed by atoms with Gasteiger partial charge in [-0.15, -0.1) is 0 Å². The SMILES string of the molecule is CC(C)(C)OC(=O)NC[C@@H]1COCCN1.O=C(O)C(=O)O. The van der Waals surface area contributed by atoms with Crippen LogP contribution in [0.15, 0.2) is 0 Å². The predicted octanol–water partition coefficient (Wildman–Crippen LogP) is -0.345. The molecular formula is C12H22N2O7. The number of aliphatic carboxylic acids is 2. The molecule has 9 nitrogen and oxygen atoms in total. The number of amides is 1. The van der Waals surface area contributed by atoms with E-state index in [1.165, 1.54) is 0 Å². The van der Waals surface area contributed by atoms with Crippen LogP contribution in [0.25, 0.3) is 0 Å². The Labute approximate surface area is 122 Å². The lowest BCUT2D eigenvalue weighted by molar-refractivity contribution is -0.159. The first kappa shape index (κ1) is 19.1. The van der Waals surface area contributed by atoms with E-state index in [0.29, 0.717) is 13.2 Å². The number of carbonyl (C=O) groups excluding carboxylic acids is 1. The van der Waals surface area contributed by atoms with E-state index in [2.05, 4.69) is 10.6 Å². The van der Waals surface area contributed by atoms with Gasteiger partial charge in [-0.3, -0.25) is 0 Å². The van der Waals surface area contributed by atoms with E-state index in [-0.39, 0.29) is 12.1 Å². The summed E-state index contributed by atoms with van der Waals surface area (Å²) in [5, 5.41) is 20.7. The molecule has 9 heteroatoms. The van der Waals surface area contributed by atoms with Gasteiger partial charge in [0.05, 0.1) is 13.2 Å². The number of nitrogens with one attached hydrogen (secondary N) is 2. The largest absolute Gasteiger partial charge is 0.473 e. The van der Waals surface area contributed by atoms with Gasteiger partial charge in [0.2, 0.25) is 0 Å². The summed E-state index contributed by atoms with van der Waals surface area (Å²) < 4.78 is 10.4. The number of morpholine rings is 1. The molecule has 21 heavy (non-hydrogen) atoms. The minimum Gasteiger partial charge on any atom is -0.473 e. The minimum absolute atomic E-state index is 0.186. The molecule has 0 bridgehead atoms. The van der Waals surface area contributed by atoms with Crippen LogP contribution < -0.4 is 10.6 Å². The Morgan fingerprint density at radius 1 is 1.29 bits per heavy atom. The maximum Gasteiger partial charge on any atom is 0.414 e. The molecule has 1 saturated heterocycles. The van der Waals surface area contributed by atoms with Crippen molar-refractivity contribution in [3.05, 3.63) is 0 Å². The van der Waals surface area contributed by atoms with E-state index in [9.17, 15) is 4.79 Å². The zero-order chi connectivity index (χ0) is 16.5. The molecule has 1 atom stereocenters. The van der Waals surface area contributed by atoms with Gasteiger partial charge < -0.3 is 30.3 Å². The molecule has 1 aliphatic rings. The summed E-state index contributed by atoms with van der Waals surface area (Å²) in [5.74, 6) is -3.65. The lowest BCUT2D eigenvalue weighted by Gasteiger charge is -2.25. The molecule has 4 N–H and O–H groups in total. The molecule has 0 aromatic carbocycles. The Morgan fingerprint density at radius 2 is 1.86 bits per heavy atom. The van der Waals surface area contributed by atoms with Crippen LogP contribution in [-0.2, 0) is 19.1 Å². The molecule has 1 rings (SSSR count). The first-order valence-corrected chi connectivity index (χ1v) is 6.36. The second-order valence-electron chi connectivity index (χ2n) is 5.22. The van der Waals surface area contributed by atoms with Crippen molar-refractivity contribution in [1.82, 2.24) is 10.6 Å². The molecule has 1 aliphatic heterocycles. The van der Waals surface area contributed by atoms with Crippen molar-refractivity contribution in [3.63, 3.8) is 0 Å².